The lowest BCUT2D eigenvalue weighted by molar-refractivity contribution is 0.414. The highest BCUT2D eigenvalue weighted by Crippen LogP contribution is 2.17. The molecule has 1 aromatic carbocycles. The Morgan fingerprint density at radius 3 is 2.58 bits per heavy atom. The van der Waals surface area contributed by atoms with Crippen LogP contribution >= 0.6 is 0 Å². The topological polar surface area (TPSA) is 26.2 Å². The van der Waals surface area contributed by atoms with Gasteiger partial charge < -0.3 is 14.6 Å². The molecule has 0 aliphatic carbocycles. The van der Waals surface area contributed by atoms with Crippen LogP contribution in [0.2, 0.25) is 0 Å². The lowest BCUT2D eigenvalue weighted by atomic mass is 10.1. The number of benzene rings is 1. The van der Waals surface area contributed by atoms with E-state index in [1.54, 1.807) is 7.11 Å². The molecule has 3 nitrogen and oxygen atoms in total. The molecule has 0 amide bonds. The first-order valence-corrected chi connectivity index (χ1v) is 6.76. The summed E-state index contributed by atoms with van der Waals surface area (Å²) >= 11 is 0. The van der Waals surface area contributed by atoms with Crippen molar-refractivity contribution in [2.45, 2.75) is 33.0 Å². The van der Waals surface area contributed by atoms with Crippen molar-refractivity contribution < 1.29 is 4.74 Å². The van der Waals surface area contributed by atoms with Gasteiger partial charge in [-0.3, -0.25) is 0 Å². The number of aryl methyl sites for hydroxylation is 1. The molecule has 0 radical (unpaired) electrons. The number of methoxy groups -OCH3 is 1. The van der Waals surface area contributed by atoms with E-state index in [-0.39, 0.29) is 0 Å². The minimum absolute atomic E-state index is 0.325. The fourth-order valence-corrected chi connectivity index (χ4v) is 2.19. The lowest BCUT2D eigenvalue weighted by Crippen LogP contribution is -2.19. The second kappa shape index (κ2) is 6.43. The summed E-state index contributed by atoms with van der Waals surface area (Å²) in [5.74, 6) is 0.899. The average Bonchev–Trinajstić information content (AvgIpc) is 2.92. The van der Waals surface area contributed by atoms with Crippen LogP contribution in [0.1, 0.15) is 31.1 Å². The number of nitrogens with zero attached hydrogens (tertiary/aromatic N) is 1. The van der Waals surface area contributed by atoms with Crippen LogP contribution in [-0.4, -0.2) is 11.7 Å². The van der Waals surface area contributed by atoms with Crippen molar-refractivity contribution in [2.75, 3.05) is 7.11 Å². The Balaban J connectivity index is 1.95. The minimum atomic E-state index is 0.325. The van der Waals surface area contributed by atoms with E-state index in [9.17, 15) is 0 Å². The van der Waals surface area contributed by atoms with E-state index in [0.29, 0.717) is 6.04 Å². The standard InChI is InChI=1S/C16H22N2O/c1-4-18-11-5-6-15(18)12-17-13(2)14-7-9-16(19-3)10-8-14/h5-11,13,17H,4,12H2,1-3H3/t13-/m1/s1. The molecule has 102 valence electrons. The monoisotopic (exact) mass is 258 g/mol. The average molecular weight is 258 g/mol. The Morgan fingerprint density at radius 2 is 1.95 bits per heavy atom. The molecule has 0 unspecified atom stereocenters. The number of aromatic nitrogens is 1. The molecule has 19 heavy (non-hydrogen) atoms. The zero-order valence-electron chi connectivity index (χ0n) is 11.9. The molecule has 1 aromatic heterocycles. The van der Waals surface area contributed by atoms with Crippen LogP contribution in [0.4, 0.5) is 0 Å². The molecular weight excluding hydrogens is 236 g/mol. The normalized spacial score (nSPS) is 12.4. The van der Waals surface area contributed by atoms with Crippen molar-refractivity contribution in [3.8, 4) is 5.75 Å². The lowest BCUT2D eigenvalue weighted by Gasteiger charge is -2.15. The van der Waals surface area contributed by atoms with Gasteiger partial charge in [-0.2, -0.15) is 0 Å². The minimum Gasteiger partial charge on any atom is -0.497 e. The molecule has 1 atom stereocenters. The van der Waals surface area contributed by atoms with Crippen LogP contribution in [0, 0.1) is 0 Å². The van der Waals surface area contributed by atoms with E-state index in [1.807, 2.05) is 12.1 Å². The Hall–Kier alpha value is -1.74. The molecule has 3 heteroatoms. The van der Waals surface area contributed by atoms with Crippen molar-refractivity contribution in [1.82, 2.24) is 9.88 Å². The van der Waals surface area contributed by atoms with Crippen LogP contribution in [0.25, 0.3) is 0 Å². The molecule has 0 saturated carbocycles. The van der Waals surface area contributed by atoms with Crippen molar-refractivity contribution in [1.29, 1.82) is 0 Å². The maximum Gasteiger partial charge on any atom is 0.118 e. The fourth-order valence-electron chi connectivity index (χ4n) is 2.19. The molecule has 0 fully saturated rings. The van der Waals surface area contributed by atoms with Crippen LogP contribution in [0.15, 0.2) is 42.6 Å². The van der Waals surface area contributed by atoms with Crippen LogP contribution in [-0.2, 0) is 13.1 Å². The second-order valence-corrected chi connectivity index (χ2v) is 4.66. The molecular formula is C16H22N2O. The first kappa shape index (κ1) is 13.7. The highest BCUT2D eigenvalue weighted by atomic mass is 16.5. The summed E-state index contributed by atoms with van der Waals surface area (Å²) in [5, 5.41) is 3.55. The van der Waals surface area contributed by atoms with Gasteiger partial charge in [-0.15, -0.1) is 0 Å². The molecule has 2 rings (SSSR count). The maximum atomic E-state index is 5.17. The molecule has 0 bridgehead atoms. The summed E-state index contributed by atoms with van der Waals surface area (Å²) in [7, 11) is 1.69. The van der Waals surface area contributed by atoms with Gasteiger partial charge >= 0.3 is 0 Å². The van der Waals surface area contributed by atoms with E-state index < -0.39 is 0 Å². The first-order chi connectivity index (χ1) is 9.24. The summed E-state index contributed by atoms with van der Waals surface area (Å²) in [6.07, 6.45) is 2.12. The Bertz CT molecular complexity index is 502. The van der Waals surface area contributed by atoms with Crippen LogP contribution in [0.3, 0.4) is 0 Å². The summed E-state index contributed by atoms with van der Waals surface area (Å²) in [4.78, 5) is 0. The van der Waals surface area contributed by atoms with Gasteiger partial charge in [0.15, 0.2) is 0 Å². The van der Waals surface area contributed by atoms with E-state index in [4.69, 9.17) is 4.74 Å². The highest BCUT2D eigenvalue weighted by Gasteiger charge is 2.06. The predicted molar refractivity (Wildman–Crippen MR) is 78.4 cm³/mol. The third-order valence-corrected chi connectivity index (χ3v) is 3.47. The SMILES string of the molecule is CCn1cccc1CN[C@H](C)c1ccc(OC)cc1. The molecule has 1 N–H and O–H groups in total. The van der Waals surface area contributed by atoms with Crippen molar-refractivity contribution in [3.63, 3.8) is 0 Å². The predicted octanol–water partition coefficient (Wildman–Crippen LogP) is 3.37. The molecule has 1 heterocycles. The molecule has 2 aromatic rings. The zero-order valence-corrected chi connectivity index (χ0v) is 11.9. The maximum absolute atomic E-state index is 5.17. The van der Waals surface area contributed by atoms with E-state index in [1.165, 1.54) is 11.3 Å². The molecule has 0 spiro atoms. The Kier molecular flexibility index (Phi) is 4.63. The summed E-state index contributed by atoms with van der Waals surface area (Å²) in [6.45, 7) is 6.24. The third kappa shape index (κ3) is 3.38. The van der Waals surface area contributed by atoms with Gasteiger partial charge in [-0.1, -0.05) is 12.1 Å². The van der Waals surface area contributed by atoms with Gasteiger partial charge in [-0.25, -0.2) is 0 Å². The van der Waals surface area contributed by atoms with Crippen molar-refractivity contribution in [2.24, 2.45) is 0 Å². The number of ether oxygens (including phenoxy) is 1. The smallest absolute Gasteiger partial charge is 0.118 e. The van der Waals surface area contributed by atoms with Gasteiger partial charge in [0, 0.05) is 31.0 Å². The first-order valence-electron chi connectivity index (χ1n) is 6.76. The molecule has 0 saturated heterocycles. The summed E-state index contributed by atoms with van der Waals surface area (Å²) < 4.78 is 7.43. The van der Waals surface area contributed by atoms with E-state index in [2.05, 4.69) is 54.2 Å². The Morgan fingerprint density at radius 1 is 1.21 bits per heavy atom. The van der Waals surface area contributed by atoms with Crippen LogP contribution in [0.5, 0.6) is 5.75 Å². The van der Waals surface area contributed by atoms with E-state index >= 15 is 0 Å². The Labute approximate surface area is 115 Å². The van der Waals surface area contributed by atoms with Crippen molar-refractivity contribution in [3.05, 3.63) is 53.9 Å². The van der Waals surface area contributed by atoms with E-state index in [0.717, 1.165) is 18.8 Å². The highest BCUT2D eigenvalue weighted by molar-refractivity contribution is 5.28. The summed E-state index contributed by atoms with van der Waals surface area (Å²) in [5.41, 5.74) is 2.60. The number of rotatable bonds is 6. The quantitative estimate of drug-likeness (QED) is 0.859. The molecule has 0 aliphatic rings. The number of hydrogen-bond donors (Lipinski definition) is 1. The number of nitrogens with one attached hydrogen (secondary N) is 1. The van der Waals surface area contributed by atoms with Gasteiger partial charge in [0.2, 0.25) is 0 Å². The fraction of sp³-hybridized carbons (Fsp3) is 0.375. The van der Waals surface area contributed by atoms with Gasteiger partial charge in [0.05, 0.1) is 7.11 Å². The van der Waals surface area contributed by atoms with Crippen LogP contribution < -0.4 is 10.1 Å². The van der Waals surface area contributed by atoms with Gasteiger partial charge in [0.1, 0.15) is 5.75 Å². The van der Waals surface area contributed by atoms with Gasteiger partial charge in [-0.05, 0) is 43.7 Å². The summed E-state index contributed by atoms with van der Waals surface area (Å²) in [6, 6.07) is 12.8. The molecule has 0 aliphatic heterocycles. The third-order valence-electron chi connectivity index (χ3n) is 3.47. The number of hydrogen-bond acceptors (Lipinski definition) is 2. The largest absolute Gasteiger partial charge is 0.497 e. The van der Waals surface area contributed by atoms with Crippen molar-refractivity contribution >= 4 is 0 Å². The second-order valence-electron chi connectivity index (χ2n) is 4.66. The van der Waals surface area contributed by atoms with Gasteiger partial charge in [0.25, 0.3) is 0 Å². The zero-order chi connectivity index (χ0) is 13.7.